The van der Waals surface area contributed by atoms with E-state index in [4.69, 9.17) is 17.3 Å². The largest absolute Gasteiger partial charge is 0.356 e. The lowest BCUT2D eigenvalue weighted by Crippen LogP contribution is -2.25. The summed E-state index contributed by atoms with van der Waals surface area (Å²) in [5.41, 5.74) is 6.51. The number of halogens is 1. The van der Waals surface area contributed by atoms with Crippen molar-refractivity contribution >= 4 is 28.3 Å². The Hall–Kier alpha value is -1.26. The smallest absolute Gasteiger partial charge is 0.158 e. The third-order valence-electron chi connectivity index (χ3n) is 2.62. The van der Waals surface area contributed by atoms with Crippen LogP contribution >= 0.6 is 11.6 Å². The van der Waals surface area contributed by atoms with Gasteiger partial charge in [-0.2, -0.15) is 5.10 Å². The molecule has 0 aliphatic carbocycles. The maximum absolute atomic E-state index is 6.15. The van der Waals surface area contributed by atoms with Crippen LogP contribution in [0.25, 0.3) is 10.9 Å². The zero-order valence-corrected chi connectivity index (χ0v) is 10.2. The van der Waals surface area contributed by atoms with Crippen LogP contribution in [0.1, 0.15) is 0 Å². The Morgan fingerprint density at radius 2 is 2.25 bits per heavy atom. The Kier molecular flexibility index (Phi) is 3.03. The van der Waals surface area contributed by atoms with E-state index in [0.717, 1.165) is 28.3 Å². The van der Waals surface area contributed by atoms with E-state index in [1.165, 1.54) is 0 Å². The van der Waals surface area contributed by atoms with Crippen molar-refractivity contribution in [1.29, 1.82) is 0 Å². The Morgan fingerprint density at radius 1 is 1.50 bits per heavy atom. The average Bonchev–Trinajstić information content (AvgIpc) is 2.58. The first kappa shape index (κ1) is 11.2. The minimum absolute atomic E-state index is 0.606. The number of likely N-dealkylation sites (N-methyl/N-ethyl adjacent to an activating group) is 1. The van der Waals surface area contributed by atoms with Gasteiger partial charge in [-0.1, -0.05) is 17.7 Å². The number of para-hydroxylation sites is 1. The summed E-state index contributed by atoms with van der Waals surface area (Å²) in [6, 6.07) is 5.83. The molecule has 0 amide bonds. The molecule has 2 aromatic rings. The van der Waals surface area contributed by atoms with Crippen LogP contribution in [-0.2, 0) is 7.05 Å². The lowest BCUT2D eigenvalue weighted by atomic mass is 10.2. The number of anilines is 1. The van der Waals surface area contributed by atoms with Crippen LogP contribution in [0, 0.1) is 0 Å². The minimum Gasteiger partial charge on any atom is -0.356 e. The molecule has 0 spiro atoms. The molecular formula is C11H15ClN4. The second kappa shape index (κ2) is 4.31. The quantitative estimate of drug-likeness (QED) is 0.884. The summed E-state index contributed by atoms with van der Waals surface area (Å²) in [6.45, 7) is 1.38. The summed E-state index contributed by atoms with van der Waals surface area (Å²) >= 11 is 6.15. The molecule has 0 aliphatic heterocycles. The molecule has 0 unspecified atom stereocenters. The van der Waals surface area contributed by atoms with E-state index in [1.54, 1.807) is 4.68 Å². The Bertz CT molecular complexity index is 506. The van der Waals surface area contributed by atoms with Crippen molar-refractivity contribution in [3.05, 3.63) is 23.2 Å². The lowest BCUT2D eigenvalue weighted by molar-refractivity contribution is 0.773. The molecule has 1 heterocycles. The van der Waals surface area contributed by atoms with Gasteiger partial charge in [-0.15, -0.1) is 0 Å². The van der Waals surface area contributed by atoms with Crippen LogP contribution < -0.4 is 10.6 Å². The molecule has 0 fully saturated rings. The van der Waals surface area contributed by atoms with Gasteiger partial charge in [0, 0.05) is 32.6 Å². The maximum Gasteiger partial charge on any atom is 0.158 e. The van der Waals surface area contributed by atoms with Gasteiger partial charge >= 0.3 is 0 Å². The molecule has 0 atom stereocenters. The van der Waals surface area contributed by atoms with Gasteiger partial charge in [-0.25, -0.2) is 0 Å². The van der Waals surface area contributed by atoms with E-state index >= 15 is 0 Å². The molecule has 1 aromatic carbocycles. The molecule has 0 radical (unpaired) electrons. The van der Waals surface area contributed by atoms with E-state index in [0.29, 0.717) is 6.54 Å². The highest BCUT2D eigenvalue weighted by Gasteiger charge is 2.13. The van der Waals surface area contributed by atoms with E-state index in [9.17, 15) is 0 Å². The molecule has 16 heavy (non-hydrogen) atoms. The molecule has 86 valence electrons. The molecule has 1 aromatic heterocycles. The summed E-state index contributed by atoms with van der Waals surface area (Å²) in [5.74, 6) is 0.922. The highest BCUT2D eigenvalue weighted by atomic mass is 35.5. The van der Waals surface area contributed by atoms with Gasteiger partial charge in [-0.05, 0) is 12.1 Å². The van der Waals surface area contributed by atoms with Crippen molar-refractivity contribution in [3.63, 3.8) is 0 Å². The van der Waals surface area contributed by atoms with Crippen LogP contribution in [-0.4, -0.2) is 29.9 Å². The lowest BCUT2D eigenvalue weighted by Gasteiger charge is -2.14. The van der Waals surface area contributed by atoms with E-state index in [1.807, 2.05) is 37.2 Å². The first-order valence-corrected chi connectivity index (χ1v) is 5.55. The van der Waals surface area contributed by atoms with E-state index < -0.39 is 0 Å². The topological polar surface area (TPSA) is 47.1 Å². The number of hydrogen-bond acceptors (Lipinski definition) is 3. The fraction of sp³-hybridized carbons (Fsp3) is 0.364. The van der Waals surface area contributed by atoms with Gasteiger partial charge in [0.05, 0.1) is 10.5 Å². The highest BCUT2D eigenvalue weighted by Crippen LogP contribution is 2.29. The number of nitrogens with two attached hydrogens (primary N) is 1. The number of nitrogens with zero attached hydrogens (tertiary/aromatic N) is 3. The summed E-state index contributed by atoms with van der Waals surface area (Å²) in [4.78, 5) is 2.04. The molecule has 0 bridgehead atoms. The average molecular weight is 239 g/mol. The molecule has 2 N–H and O–H groups in total. The fourth-order valence-electron chi connectivity index (χ4n) is 1.85. The van der Waals surface area contributed by atoms with Crippen molar-refractivity contribution in [2.24, 2.45) is 12.8 Å². The van der Waals surface area contributed by atoms with Crippen LogP contribution in [0.3, 0.4) is 0 Å². The van der Waals surface area contributed by atoms with Crippen LogP contribution in [0.2, 0.25) is 5.02 Å². The Balaban J connectivity index is 2.59. The van der Waals surface area contributed by atoms with Gasteiger partial charge in [0.15, 0.2) is 5.82 Å². The highest BCUT2D eigenvalue weighted by molar-refractivity contribution is 6.35. The van der Waals surface area contributed by atoms with Crippen molar-refractivity contribution < 1.29 is 0 Å². The van der Waals surface area contributed by atoms with E-state index in [2.05, 4.69) is 5.10 Å². The molecule has 0 saturated carbocycles. The monoisotopic (exact) mass is 238 g/mol. The van der Waals surface area contributed by atoms with Crippen LogP contribution in [0.5, 0.6) is 0 Å². The number of hydrogen-bond donors (Lipinski definition) is 1. The summed E-state index contributed by atoms with van der Waals surface area (Å²) < 4.78 is 1.81. The second-order valence-electron chi connectivity index (χ2n) is 3.79. The number of benzene rings is 1. The maximum atomic E-state index is 6.15. The number of aryl methyl sites for hydroxylation is 1. The fourth-order valence-corrected chi connectivity index (χ4v) is 2.15. The van der Waals surface area contributed by atoms with Crippen LogP contribution in [0.15, 0.2) is 18.2 Å². The molecule has 4 nitrogen and oxygen atoms in total. The van der Waals surface area contributed by atoms with Crippen molar-refractivity contribution in [3.8, 4) is 0 Å². The van der Waals surface area contributed by atoms with Gasteiger partial charge in [0.2, 0.25) is 0 Å². The Morgan fingerprint density at radius 3 is 2.94 bits per heavy atom. The zero-order valence-electron chi connectivity index (χ0n) is 9.44. The van der Waals surface area contributed by atoms with Gasteiger partial charge in [0.25, 0.3) is 0 Å². The molecule has 0 saturated heterocycles. The molecule has 2 rings (SSSR count). The number of rotatable bonds is 3. The Labute approximate surface area is 99.6 Å². The van der Waals surface area contributed by atoms with Gasteiger partial charge < -0.3 is 10.6 Å². The third kappa shape index (κ3) is 1.74. The van der Waals surface area contributed by atoms with Gasteiger partial charge in [-0.3, -0.25) is 4.68 Å². The molecular weight excluding hydrogens is 224 g/mol. The standard InChI is InChI=1S/C11H15ClN4/c1-15(7-6-13)11-8-4-3-5-9(12)10(8)16(2)14-11/h3-5H,6-7,13H2,1-2H3. The predicted octanol–water partition coefficient (Wildman–Crippen LogP) is 1.62. The predicted molar refractivity (Wildman–Crippen MR) is 68.0 cm³/mol. The summed E-state index contributed by atoms with van der Waals surface area (Å²) in [5, 5.41) is 6.25. The van der Waals surface area contributed by atoms with Crippen molar-refractivity contribution in [2.45, 2.75) is 0 Å². The first-order valence-electron chi connectivity index (χ1n) is 5.17. The molecule has 5 heteroatoms. The molecule has 0 aliphatic rings. The van der Waals surface area contributed by atoms with Gasteiger partial charge in [0.1, 0.15) is 0 Å². The second-order valence-corrected chi connectivity index (χ2v) is 4.20. The minimum atomic E-state index is 0.606. The van der Waals surface area contributed by atoms with Crippen molar-refractivity contribution in [2.75, 3.05) is 25.0 Å². The van der Waals surface area contributed by atoms with E-state index in [-0.39, 0.29) is 0 Å². The zero-order chi connectivity index (χ0) is 11.7. The summed E-state index contributed by atoms with van der Waals surface area (Å²) in [7, 11) is 3.88. The normalized spacial score (nSPS) is 11.0. The van der Waals surface area contributed by atoms with Crippen molar-refractivity contribution in [1.82, 2.24) is 9.78 Å². The number of aromatic nitrogens is 2. The summed E-state index contributed by atoms with van der Waals surface area (Å²) in [6.07, 6.45) is 0. The first-order chi connectivity index (χ1) is 7.65. The SMILES string of the molecule is CN(CCN)c1nn(C)c2c(Cl)cccc12. The number of fused-ring (bicyclic) bond motifs is 1. The van der Waals surface area contributed by atoms with Crippen LogP contribution in [0.4, 0.5) is 5.82 Å². The third-order valence-corrected chi connectivity index (χ3v) is 2.93.